The van der Waals surface area contributed by atoms with Crippen molar-refractivity contribution in [2.45, 2.75) is 6.54 Å². The molecule has 1 rings (SSSR count). The number of aryl methyl sites for hydroxylation is 1. The molecule has 1 aromatic rings. The van der Waals surface area contributed by atoms with E-state index in [0.717, 1.165) is 5.69 Å². The quantitative estimate of drug-likeness (QED) is 0.553. The van der Waals surface area contributed by atoms with Gasteiger partial charge in [-0.05, 0) is 12.2 Å². The number of nitrogens with one attached hydrogen (secondary N) is 3. The second-order valence-corrected chi connectivity index (χ2v) is 3.02. The molecule has 5 nitrogen and oxygen atoms in total. The molecule has 0 spiro atoms. The Morgan fingerprint density at radius 3 is 2.92 bits per heavy atom. The third-order valence-corrected chi connectivity index (χ3v) is 1.95. The number of hydrogen-bond donors (Lipinski definition) is 3. The standard InChI is InChI=1S/C7H12N4OS/c1-8-7(13)9-4-5-3-6(12)11(2)10-5/h3,10H,4H2,1-2H3,(H2,8,9,13). The van der Waals surface area contributed by atoms with E-state index in [1.807, 2.05) is 0 Å². The van der Waals surface area contributed by atoms with Crippen LogP contribution in [0.5, 0.6) is 0 Å². The van der Waals surface area contributed by atoms with Crippen LogP contribution in [-0.4, -0.2) is 21.9 Å². The minimum atomic E-state index is -0.0489. The van der Waals surface area contributed by atoms with Crippen LogP contribution in [0.15, 0.2) is 10.9 Å². The first kappa shape index (κ1) is 9.79. The predicted molar refractivity (Wildman–Crippen MR) is 54.5 cm³/mol. The van der Waals surface area contributed by atoms with Gasteiger partial charge in [0.2, 0.25) is 0 Å². The topological polar surface area (TPSA) is 61.8 Å². The van der Waals surface area contributed by atoms with E-state index in [4.69, 9.17) is 12.2 Å². The van der Waals surface area contributed by atoms with Gasteiger partial charge in [-0.2, -0.15) is 0 Å². The molecule has 3 N–H and O–H groups in total. The van der Waals surface area contributed by atoms with E-state index in [1.165, 1.54) is 10.7 Å². The number of thiocarbonyl (C=S) groups is 1. The monoisotopic (exact) mass is 200 g/mol. The molecule has 0 bridgehead atoms. The average molecular weight is 200 g/mol. The van der Waals surface area contributed by atoms with Crippen LogP contribution < -0.4 is 16.2 Å². The normalized spacial score (nSPS) is 9.69. The summed E-state index contributed by atoms with van der Waals surface area (Å²) < 4.78 is 1.42. The third-order valence-electron chi connectivity index (χ3n) is 1.61. The number of nitrogens with zero attached hydrogens (tertiary/aromatic N) is 1. The third kappa shape index (κ3) is 2.59. The minimum Gasteiger partial charge on any atom is -0.366 e. The fraction of sp³-hybridized carbons (Fsp3) is 0.429. The van der Waals surface area contributed by atoms with Gasteiger partial charge in [-0.3, -0.25) is 14.6 Å². The summed E-state index contributed by atoms with van der Waals surface area (Å²) in [6.07, 6.45) is 0. The molecule has 0 fully saturated rings. The lowest BCUT2D eigenvalue weighted by molar-refractivity contribution is 0.710. The Kier molecular flexibility index (Phi) is 3.07. The van der Waals surface area contributed by atoms with E-state index in [2.05, 4.69) is 15.7 Å². The molecule has 0 radical (unpaired) electrons. The minimum absolute atomic E-state index is 0.0489. The number of rotatable bonds is 2. The summed E-state index contributed by atoms with van der Waals surface area (Å²) in [5.74, 6) is 0. The lowest BCUT2D eigenvalue weighted by Crippen LogP contribution is -2.31. The molecule has 0 saturated heterocycles. The van der Waals surface area contributed by atoms with Gasteiger partial charge in [0.15, 0.2) is 5.11 Å². The highest BCUT2D eigenvalue weighted by atomic mass is 32.1. The zero-order chi connectivity index (χ0) is 9.84. The van der Waals surface area contributed by atoms with Crippen LogP contribution in [-0.2, 0) is 13.6 Å². The van der Waals surface area contributed by atoms with Gasteiger partial charge in [-0.25, -0.2) is 0 Å². The van der Waals surface area contributed by atoms with E-state index in [1.54, 1.807) is 14.1 Å². The molecule has 0 atom stereocenters. The summed E-state index contributed by atoms with van der Waals surface area (Å²) in [6.45, 7) is 0.524. The van der Waals surface area contributed by atoms with Crippen LogP contribution in [0.2, 0.25) is 0 Å². The van der Waals surface area contributed by atoms with Crippen LogP contribution >= 0.6 is 12.2 Å². The maximum Gasteiger partial charge on any atom is 0.266 e. The molecule has 0 saturated carbocycles. The highest BCUT2D eigenvalue weighted by Gasteiger charge is 1.99. The molecular formula is C7H12N4OS. The second-order valence-electron chi connectivity index (χ2n) is 2.61. The molecule has 0 aromatic carbocycles. The molecule has 13 heavy (non-hydrogen) atoms. The van der Waals surface area contributed by atoms with E-state index >= 15 is 0 Å². The summed E-state index contributed by atoms with van der Waals surface area (Å²) in [7, 11) is 3.41. The van der Waals surface area contributed by atoms with Gasteiger partial charge in [0.25, 0.3) is 5.56 Å². The van der Waals surface area contributed by atoms with Crippen LogP contribution in [0.4, 0.5) is 0 Å². The van der Waals surface area contributed by atoms with Crippen molar-refractivity contribution < 1.29 is 0 Å². The first-order valence-electron chi connectivity index (χ1n) is 3.84. The fourth-order valence-corrected chi connectivity index (χ4v) is 0.975. The van der Waals surface area contributed by atoms with Gasteiger partial charge >= 0.3 is 0 Å². The van der Waals surface area contributed by atoms with Crippen molar-refractivity contribution in [3.8, 4) is 0 Å². The molecule has 0 aliphatic rings. The molecule has 6 heteroatoms. The Morgan fingerprint density at radius 1 is 1.77 bits per heavy atom. The van der Waals surface area contributed by atoms with Gasteiger partial charge in [0, 0.05) is 20.2 Å². The van der Waals surface area contributed by atoms with Crippen molar-refractivity contribution in [2.24, 2.45) is 7.05 Å². The van der Waals surface area contributed by atoms with E-state index in [9.17, 15) is 4.79 Å². The SMILES string of the molecule is CNC(=S)NCc1cc(=O)n(C)[nH]1. The molecule has 0 aliphatic carbocycles. The van der Waals surface area contributed by atoms with Gasteiger partial charge in [0.1, 0.15) is 0 Å². The van der Waals surface area contributed by atoms with Gasteiger partial charge in [0.05, 0.1) is 12.2 Å². The van der Waals surface area contributed by atoms with Crippen LogP contribution in [0.1, 0.15) is 5.69 Å². The Balaban J connectivity index is 2.55. The molecular weight excluding hydrogens is 188 g/mol. The first-order chi connectivity index (χ1) is 6.13. The fourth-order valence-electron chi connectivity index (χ4n) is 0.903. The van der Waals surface area contributed by atoms with Gasteiger partial charge in [-0.15, -0.1) is 0 Å². The Bertz CT molecular complexity index is 354. The summed E-state index contributed by atoms with van der Waals surface area (Å²) in [5.41, 5.74) is 0.761. The first-order valence-corrected chi connectivity index (χ1v) is 4.25. The zero-order valence-electron chi connectivity index (χ0n) is 7.55. The molecule has 1 aromatic heterocycles. The Morgan fingerprint density at radius 2 is 2.46 bits per heavy atom. The van der Waals surface area contributed by atoms with E-state index < -0.39 is 0 Å². The molecule has 0 amide bonds. The van der Waals surface area contributed by atoms with Crippen molar-refractivity contribution in [1.82, 2.24) is 20.4 Å². The maximum absolute atomic E-state index is 11.0. The van der Waals surface area contributed by atoms with Crippen molar-refractivity contribution in [1.29, 1.82) is 0 Å². The zero-order valence-corrected chi connectivity index (χ0v) is 8.36. The largest absolute Gasteiger partial charge is 0.366 e. The maximum atomic E-state index is 11.0. The average Bonchev–Trinajstić information content (AvgIpc) is 2.42. The lowest BCUT2D eigenvalue weighted by atomic mass is 10.4. The number of hydrogen-bond acceptors (Lipinski definition) is 2. The Labute approximate surface area is 81.1 Å². The number of aromatic amines is 1. The predicted octanol–water partition coefficient (Wildman–Crippen LogP) is -0.693. The van der Waals surface area contributed by atoms with Crippen molar-refractivity contribution in [2.75, 3.05) is 7.05 Å². The summed E-state index contributed by atoms with van der Waals surface area (Å²) >= 11 is 4.87. The summed E-state index contributed by atoms with van der Waals surface area (Å²) in [5, 5.41) is 9.14. The van der Waals surface area contributed by atoms with E-state index in [0.29, 0.717) is 11.7 Å². The molecule has 0 aliphatic heterocycles. The molecule has 1 heterocycles. The molecule has 0 unspecified atom stereocenters. The summed E-state index contributed by atoms with van der Waals surface area (Å²) in [4.78, 5) is 11.0. The lowest BCUT2D eigenvalue weighted by Gasteiger charge is -2.04. The number of aromatic nitrogens is 2. The van der Waals surface area contributed by atoms with Crippen LogP contribution in [0.25, 0.3) is 0 Å². The van der Waals surface area contributed by atoms with Gasteiger partial charge in [-0.1, -0.05) is 0 Å². The van der Waals surface area contributed by atoms with E-state index in [-0.39, 0.29) is 5.56 Å². The molecule has 72 valence electrons. The van der Waals surface area contributed by atoms with Crippen molar-refractivity contribution >= 4 is 17.3 Å². The number of H-pyrrole nitrogens is 1. The smallest absolute Gasteiger partial charge is 0.266 e. The highest BCUT2D eigenvalue weighted by molar-refractivity contribution is 7.80. The Hall–Kier alpha value is -1.30. The van der Waals surface area contributed by atoms with Crippen molar-refractivity contribution in [3.05, 3.63) is 22.1 Å². The van der Waals surface area contributed by atoms with Crippen LogP contribution in [0.3, 0.4) is 0 Å². The van der Waals surface area contributed by atoms with Gasteiger partial charge < -0.3 is 10.6 Å². The van der Waals surface area contributed by atoms with Crippen LogP contribution in [0, 0.1) is 0 Å². The van der Waals surface area contributed by atoms with Crippen molar-refractivity contribution in [3.63, 3.8) is 0 Å². The summed E-state index contributed by atoms with van der Waals surface area (Å²) in [6, 6.07) is 1.53. The second kappa shape index (κ2) is 4.08. The highest BCUT2D eigenvalue weighted by Crippen LogP contribution is 1.87.